The number of hydrogen-bond acceptors (Lipinski definition) is 8. The summed E-state index contributed by atoms with van der Waals surface area (Å²) in [6, 6.07) is 9.09. The van der Waals surface area contributed by atoms with Gasteiger partial charge < -0.3 is 14.6 Å². The Labute approximate surface area is 217 Å². The Hall–Kier alpha value is -4.05. The van der Waals surface area contributed by atoms with Crippen LogP contribution in [0.25, 0.3) is 5.76 Å². The van der Waals surface area contributed by atoms with Gasteiger partial charge in [-0.3, -0.25) is 14.5 Å². The lowest BCUT2D eigenvalue weighted by atomic mass is 9.95. The van der Waals surface area contributed by atoms with E-state index in [4.69, 9.17) is 9.47 Å². The van der Waals surface area contributed by atoms with E-state index in [2.05, 4.69) is 4.98 Å². The van der Waals surface area contributed by atoms with Gasteiger partial charge in [0.2, 0.25) is 0 Å². The largest absolute Gasteiger partial charge is 0.507 e. The van der Waals surface area contributed by atoms with Crippen molar-refractivity contribution in [1.82, 2.24) is 4.98 Å². The number of ketones is 1. The number of aliphatic hydroxyl groups excluding tert-OH is 1. The number of aromatic nitrogens is 1. The molecule has 0 spiro atoms. The van der Waals surface area contributed by atoms with Crippen LogP contribution in [0.15, 0.2) is 48.0 Å². The Morgan fingerprint density at radius 2 is 1.81 bits per heavy atom. The molecular weight excluding hydrogens is 499 g/mol. The van der Waals surface area contributed by atoms with Crippen LogP contribution in [0.4, 0.5) is 9.52 Å². The van der Waals surface area contributed by atoms with E-state index in [9.17, 15) is 23.9 Å². The lowest BCUT2D eigenvalue weighted by Gasteiger charge is -2.23. The molecule has 1 atom stereocenters. The molecule has 1 fully saturated rings. The van der Waals surface area contributed by atoms with Gasteiger partial charge in [0.1, 0.15) is 22.2 Å². The standard InChI is InChI=1S/C27H25FN2O6S/c1-5-35-19-12-9-17(13-14(19)3)22(31)20-21(16-7-10-18(28)11-8-16)30(25(33)23(20)32)27-29-15(4)24(37-27)26(34)36-6-2/h7-13,21,31H,5-6H2,1-4H3/b22-20+. The first-order valence-electron chi connectivity index (χ1n) is 11.6. The van der Waals surface area contributed by atoms with Gasteiger partial charge in [-0.1, -0.05) is 23.5 Å². The van der Waals surface area contributed by atoms with Crippen molar-refractivity contribution in [3.8, 4) is 5.75 Å². The molecule has 1 aliphatic rings. The number of ether oxygens (including phenoxy) is 2. The number of carbonyl (C=O) groups is 3. The first-order valence-corrected chi connectivity index (χ1v) is 12.4. The summed E-state index contributed by atoms with van der Waals surface area (Å²) in [6.45, 7) is 7.54. The van der Waals surface area contributed by atoms with Gasteiger partial charge in [-0.05, 0) is 69.2 Å². The molecule has 10 heteroatoms. The molecule has 8 nitrogen and oxygen atoms in total. The maximum absolute atomic E-state index is 13.7. The Kier molecular flexibility index (Phi) is 7.40. The predicted molar refractivity (Wildman–Crippen MR) is 136 cm³/mol. The zero-order valence-electron chi connectivity index (χ0n) is 20.7. The Bertz CT molecular complexity index is 1410. The number of nitrogens with zero attached hydrogens (tertiary/aromatic N) is 2. The van der Waals surface area contributed by atoms with Crippen molar-refractivity contribution >= 4 is 39.9 Å². The van der Waals surface area contributed by atoms with E-state index in [1.165, 1.54) is 24.3 Å². The monoisotopic (exact) mass is 524 g/mol. The zero-order chi connectivity index (χ0) is 26.9. The molecule has 192 valence electrons. The summed E-state index contributed by atoms with van der Waals surface area (Å²) in [7, 11) is 0. The van der Waals surface area contributed by atoms with Crippen molar-refractivity contribution in [2.75, 3.05) is 18.1 Å². The summed E-state index contributed by atoms with van der Waals surface area (Å²) < 4.78 is 24.4. The molecule has 0 radical (unpaired) electrons. The number of thiazole rings is 1. The van der Waals surface area contributed by atoms with Crippen LogP contribution in [0, 0.1) is 19.7 Å². The van der Waals surface area contributed by atoms with Gasteiger partial charge in [0, 0.05) is 5.56 Å². The van der Waals surface area contributed by atoms with E-state index >= 15 is 0 Å². The minimum absolute atomic E-state index is 0.0823. The Morgan fingerprint density at radius 3 is 2.43 bits per heavy atom. The molecule has 2 aromatic carbocycles. The third-order valence-electron chi connectivity index (χ3n) is 5.83. The molecule has 1 aliphatic heterocycles. The molecule has 3 aromatic rings. The van der Waals surface area contributed by atoms with Crippen LogP contribution in [0.3, 0.4) is 0 Å². The first-order chi connectivity index (χ1) is 17.7. The maximum Gasteiger partial charge on any atom is 0.350 e. The van der Waals surface area contributed by atoms with Crippen LogP contribution < -0.4 is 9.64 Å². The van der Waals surface area contributed by atoms with Crippen LogP contribution in [0.1, 0.15) is 51.9 Å². The smallest absolute Gasteiger partial charge is 0.350 e. The highest BCUT2D eigenvalue weighted by atomic mass is 32.1. The summed E-state index contributed by atoms with van der Waals surface area (Å²) in [5, 5.41) is 11.4. The fraction of sp³-hybridized carbons (Fsp3) is 0.259. The van der Waals surface area contributed by atoms with E-state index < -0.39 is 29.5 Å². The molecule has 0 saturated carbocycles. The lowest BCUT2D eigenvalue weighted by Crippen LogP contribution is -2.29. The minimum Gasteiger partial charge on any atom is -0.507 e. The topological polar surface area (TPSA) is 106 Å². The number of carbonyl (C=O) groups excluding carboxylic acids is 3. The molecule has 1 unspecified atom stereocenters. The van der Waals surface area contributed by atoms with Crippen LogP contribution in [0.2, 0.25) is 0 Å². The second kappa shape index (κ2) is 10.5. The van der Waals surface area contributed by atoms with Crippen LogP contribution in [-0.4, -0.2) is 41.0 Å². The van der Waals surface area contributed by atoms with Gasteiger partial charge in [-0.2, -0.15) is 0 Å². The third-order valence-corrected chi connectivity index (χ3v) is 6.97. The molecular formula is C27H25FN2O6S. The number of Topliss-reactive ketones (excluding diaryl/α,β-unsaturated/α-hetero) is 1. The second-order valence-corrected chi connectivity index (χ2v) is 9.24. The van der Waals surface area contributed by atoms with Crippen molar-refractivity contribution < 1.29 is 33.4 Å². The highest BCUT2D eigenvalue weighted by molar-refractivity contribution is 7.17. The van der Waals surface area contributed by atoms with Crippen molar-refractivity contribution in [2.24, 2.45) is 0 Å². The van der Waals surface area contributed by atoms with Crippen molar-refractivity contribution in [2.45, 2.75) is 33.7 Å². The number of benzene rings is 2. The average molecular weight is 525 g/mol. The first kappa shape index (κ1) is 26.0. The Morgan fingerprint density at radius 1 is 1.11 bits per heavy atom. The van der Waals surface area contributed by atoms with E-state index in [0.717, 1.165) is 21.8 Å². The SMILES string of the molecule is CCOC(=O)c1sc(N2C(=O)C(=O)/C(=C(/O)c3ccc(OCC)c(C)c3)C2c2ccc(F)cc2)nc1C. The lowest BCUT2D eigenvalue weighted by molar-refractivity contribution is -0.132. The van der Waals surface area contributed by atoms with Crippen LogP contribution >= 0.6 is 11.3 Å². The van der Waals surface area contributed by atoms with Gasteiger partial charge in [0.05, 0.1) is 30.5 Å². The van der Waals surface area contributed by atoms with Gasteiger partial charge >= 0.3 is 11.9 Å². The van der Waals surface area contributed by atoms with Gasteiger partial charge in [-0.15, -0.1) is 0 Å². The number of halogens is 1. The summed E-state index contributed by atoms with van der Waals surface area (Å²) in [5.41, 5.74) is 1.59. The fourth-order valence-electron chi connectivity index (χ4n) is 4.13. The highest BCUT2D eigenvalue weighted by Crippen LogP contribution is 2.44. The fourth-order valence-corrected chi connectivity index (χ4v) is 5.12. The molecule has 1 amide bonds. The summed E-state index contributed by atoms with van der Waals surface area (Å²) in [4.78, 5) is 44.7. The van der Waals surface area contributed by atoms with Crippen LogP contribution in [-0.2, 0) is 14.3 Å². The van der Waals surface area contributed by atoms with Crippen LogP contribution in [0.5, 0.6) is 5.75 Å². The molecule has 1 saturated heterocycles. The quantitative estimate of drug-likeness (QED) is 0.198. The van der Waals surface area contributed by atoms with E-state index in [1.807, 2.05) is 6.92 Å². The van der Waals surface area contributed by atoms with Crippen molar-refractivity contribution in [1.29, 1.82) is 0 Å². The van der Waals surface area contributed by atoms with Crippen molar-refractivity contribution in [3.63, 3.8) is 0 Å². The highest BCUT2D eigenvalue weighted by Gasteiger charge is 2.48. The summed E-state index contributed by atoms with van der Waals surface area (Å²) in [6.07, 6.45) is 0. The molecule has 0 bridgehead atoms. The second-order valence-electron chi connectivity index (χ2n) is 8.27. The molecule has 1 N–H and O–H groups in total. The molecule has 4 rings (SSSR count). The number of amides is 1. The molecule has 1 aromatic heterocycles. The number of aliphatic hydroxyl groups is 1. The number of esters is 1. The van der Waals surface area contributed by atoms with E-state index in [0.29, 0.717) is 29.2 Å². The Balaban J connectivity index is 1.89. The normalized spacial score (nSPS) is 16.8. The molecule has 37 heavy (non-hydrogen) atoms. The average Bonchev–Trinajstić information content (AvgIpc) is 3.37. The maximum atomic E-state index is 13.7. The number of anilines is 1. The van der Waals surface area contributed by atoms with Gasteiger partial charge in [0.25, 0.3) is 5.78 Å². The number of rotatable bonds is 7. The zero-order valence-corrected chi connectivity index (χ0v) is 21.5. The molecule has 2 heterocycles. The van der Waals surface area contributed by atoms with Crippen molar-refractivity contribution in [3.05, 3.63) is 81.1 Å². The van der Waals surface area contributed by atoms with E-state index in [1.54, 1.807) is 39.0 Å². The van der Waals surface area contributed by atoms with Gasteiger partial charge in [0.15, 0.2) is 5.13 Å². The summed E-state index contributed by atoms with van der Waals surface area (Å²) >= 11 is 0.904. The van der Waals surface area contributed by atoms with E-state index in [-0.39, 0.29) is 27.9 Å². The third kappa shape index (κ3) is 4.84. The predicted octanol–water partition coefficient (Wildman–Crippen LogP) is 5.10. The summed E-state index contributed by atoms with van der Waals surface area (Å²) in [5.74, 6) is -2.72. The number of hydrogen-bond donors (Lipinski definition) is 1. The van der Waals surface area contributed by atoms with Gasteiger partial charge in [-0.25, -0.2) is 14.2 Å². The number of aryl methyl sites for hydroxylation is 2. The minimum atomic E-state index is -1.10. The molecule has 0 aliphatic carbocycles.